The van der Waals surface area contributed by atoms with Crippen LogP contribution in [0.2, 0.25) is 0 Å². The van der Waals surface area contributed by atoms with E-state index in [1.165, 1.54) is 27.0 Å². The number of aromatic nitrogens is 1. The largest absolute Gasteiger partial charge is 0.493 e. The minimum absolute atomic E-state index is 0.247. The lowest BCUT2D eigenvalue weighted by Gasteiger charge is -2.22. The van der Waals surface area contributed by atoms with Crippen LogP contribution >= 0.6 is 0 Å². The molecule has 7 heteroatoms. The first kappa shape index (κ1) is 17.7. The quantitative estimate of drug-likeness (QED) is 0.485. The zero-order valence-electron chi connectivity index (χ0n) is 14.7. The standard InChI is InChI=1S/C17H21N2O5/c1-10(20)23-14-8-15(22-6)17(24-11(2)21)13-9-18-16(7-12(13)14)19(3,4)5/h7-9H,1-6H3/q+1. The Labute approximate surface area is 140 Å². The molecule has 0 atom stereocenters. The highest BCUT2D eigenvalue weighted by Gasteiger charge is 2.22. The summed E-state index contributed by atoms with van der Waals surface area (Å²) in [6.45, 7) is 2.62. The Bertz CT molecular complexity index is 809. The van der Waals surface area contributed by atoms with E-state index in [2.05, 4.69) is 4.98 Å². The zero-order valence-corrected chi connectivity index (χ0v) is 14.7. The van der Waals surface area contributed by atoms with Crippen molar-refractivity contribution in [3.8, 4) is 17.2 Å². The molecule has 7 nitrogen and oxygen atoms in total. The lowest BCUT2D eigenvalue weighted by molar-refractivity contribution is -0.133. The van der Waals surface area contributed by atoms with E-state index < -0.39 is 11.9 Å². The zero-order chi connectivity index (χ0) is 18.1. The monoisotopic (exact) mass is 333 g/mol. The van der Waals surface area contributed by atoms with Gasteiger partial charge in [-0.15, -0.1) is 0 Å². The van der Waals surface area contributed by atoms with Crippen molar-refractivity contribution in [2.24, 2.45) is 0 Å². The molecule has 0 aliphatic carbocycles. The van der Waals surface area contributed by atoms with E-state index in [1.807, 2.05) is 21.1 Å². The molecule has 2 aromatic rings. The number of hydrogen-bond acceptors (Lipinski definition) is 6. The number of esters is 2. The molecule has 128 valence electrons. The van der Waals surface area contributed by atoms with Crippen molar-refractivity contribution in [2.75, 3.05) is 28.3 Å². The van der Waals surface area contributed by atoms with Crippen molar-refractivity contribution in [1.82, 2.24) is 9.47 Å². The number of hydrogen-bond donors (Lipinski definition) is 0. The fourth-order valence-corrected chi connectivity index (χ4v) is 2.23. The van der Waals surface area contributed by atoms with Gasteiger partial charge in [-0.3, -0.25) is 14.1 Å². The summed E-state index contributed by atoms with van der Waals surface area (Å²) in [7, 11) is 7.35. The highest BCUT2D eigenvalue weighted by Crippen LogP contribution is 2.42. The Morgan fingerprint density at radius 1 is 0.958 bits per heavy atom. The summed E-state index contributed by atoms with van der Waals surface area (Å²) in [5.41, 5.74) is 0. The Hall–Kier alpha value is -2.67. The van der Waals surface area contributed by atoms with Gasteiger partial charge in [0, 0.05) is 37.6 Å². The SMILES string of the molecule is COc1cc(OC(C)=O)c2cc([N+](C)(C)C)ncc2c1OC(C)=O. The predicted octanol–water partition coefficient (Wildman–Crippen LogP) is 2.29. The fourth-order valence-electron chi connectivity index (χ4n) is 2.23. The Kier molecular flexibility index (Phi) is 4.75. The van der Waals surface area contributed by atoms with Gasteiger partial charge in [-0.25, -0.2) is 4.98 Å². The van der Waals surface area contributed by atoms with E-state index in [-0.39, 0.29) is 11.5 Å². The maximum atomic E-state index is 11.4. The third-order valence-corrected chi connectivity index (χ3v) is 3.29. The molecule has 1 aromatic carbocycles. The topological polar surface area (TPSA) is 74.7 Å². The summed E-state index contributed by atoms with van der Waals surface area (Å²) in [6, 6.07) is 3.33. The van der Waals surface area contributed by atoms with Gasteiger partial charge in [0.05, 0.1) is 33.6 Å². The van der Waals surface area contributed by atoms with Gasteiger partial charge in [0.25, 0.3) is 0 Å². The molecule has 1 aromatic heterocycles. The van der Waals surface area contributed by atoms with Gasteiger partial charge >= 0.3 is 11.9 Å². The van der Waals surface area contributed by atoms with E-state index in [0.717, 1.165) is 5.82 Å². The van der Waals surface area contributed by atoms with E-state index >= 15 is 0 Å². The van der Waals surface area contributed by atoms with Crippen molar-refractivity contribution in [2.45, 2.75) is 13.8 Å². The molecule has 0 saturated carbocycles. The van der Waals surface area contributed by atoms with Gasteiger partial charge in [-0.05, 0) is 0 Å². The third kappa shape index (κ3) is 3.62. The second-order valence-corrected chi connectivity index (χ2v) is 6.19. The molecule has 0 saturated heterocycles. The van der Waals surface area contributed by atoms with Crippen LogP contribution in [0, 0.1) is 0 Å². The first-order valence-electron chi connectivity index (χ1n) is 7.33. The number of methoxy groups -OCH3 is 1. The average Bonchev–Trinajstić information content (AvgIpc) is 2.47. The molecule has 0 unspecified atom stereocenters. The van der Waals surface area contributed by atoms with Crippen LogP contribution in [0.1, 0.15) is 13.8 Å². The van der Waals surface area contributed by atoms with Crippen LogP contribution in [-0.2, 0) is 9.59 Å². The van der Waals surface area contributed by atoms with Crippen LogP contribution in [0.5, 0.6) is 17.2 Å². The molecule has 0 bridgehead atoms. The molecular weight excluding hydrogens is 312 g/mol. The highest BCUT2D eigenvalue weighted by atomic mass is 16.6. The number of carbonyl (C=O) groups is 2. The second kappa shape index (κ2) is 6.45. The first-order chi connectivity index (χ1) is 11.1. The molecule has 24 heavy (non-hydrogen) atoms. The van der Waals surface area contributed by atoms with Crippen molar-refractivity contribution in [3.05, 3.63) is 18.3 Å². The number of pyridine rings is 1. The van der Waals surface area contributed by atoms with Gasteiger partial charge < -0.3 is 14.2 Å². The van der Waals surface area contributed by atoms with Crippen LogP contribution in [0.3, 0.4) is 0 Å². The predicted molar refractivity (Wildman–Crippen MR) is 90.5 cm³/mol. The maximum absolute atomic E-state index is 11.4. The summed E-state index contributed by atoms with van der Waals surface area (Å²) >= 11 is 0. The van der Waals surface area contributed by atoms with Gasteiger partial charge in [0.15, 0.2) is 11.5 Å². The Morgan fingerprint density at radius 3 is 2.08 bits per heavy atom. The normalized spacial score (nSPS) is 11.2. The van der Waals surface area contributed by atoms with E-state index in [9.17, 15) is 9.59 Å². The van der Waals surface area contributed by atoms with Gasteiger partial charge in [-0.2, -0.15) is 0 Å². The van der Waals surface area contributed by atoms with E-state index in [1.54, 1.807) is 12.3 Å². The smallest absolute Gasteiger partial charge is 0.308 e. The van der Waals surface area contributed by atoms with Crippen LogP contribution < -0.4 is 18.7 Å². The maximum Gasteiger partial charge on any atom is 0.308 e. The fraction of sp³-hybridized carbons (Fsp3) is 0.353. The van der Waals surface area contributed by atoms with Crippen LogP contribution in [0.4, 0.5) is 5.82 Å². The summed E-state index contributed by atoms with van der Waals surface area (Å²) < 4.78 is 16.3. The summed E-state index contributed by atoms with van der Waals surface area (Å²) in [4.78, 5) is 27.3. The molecule has 0 spiro atoms. The minimum atomic E-state index is -0.481. The third-order valence-electron chi connectivity index (χ3n) is 3.29. The number of rotatable bonds is 4. The number of benzene rings is 1. The van der Waals surface area contributed by atoms with Gasteiger partial charge in [0.1, 0.15) is 5.75 Å². The summed E-state index contributed by atoms with van der Waals surface area (Å²) in [5.74, 6) is 0.676. The molecule has 0 radical (unpaired) electrons. The van der Waals surface area contributed by atoms with Gasteiger partial charge in [0.2, 0.25) is 5.82 Å². The lowest BCUT2D eigenvalue weighted by Crippen LogP contribution is -2.35. The van der Waals surface area contributed by atoms with Crippen molar-refractivity contribution >= 4 is 28.5 Å². The average molecular weight is 333 g/mol. The van der Waals surface area contributed by atoms with Crippen LogP contribution in [0.25, 0.3) is 10.8 Å². The molecular formula is C17H21N2O5+. The highest BCUT2D eigenvalue weighted by molar-refractivity contribution is 5.98. The number of fused-ring (bicyclic) bond motifs is 1. The molecule has 1 heterocycles. The molecule has 0 N–H and O–H groups in total. The Morgan fingerprint density at radius 2 is 1.58 bits per heavy atom. The Balaban J connectivity index is 2.82. The lowest BCUT2D eigenvalue weighted by atomic mass is 10.1. The first-order valence-corrected chi connectivity index (χ1v) is 7.33. The minimum Gasteiger partial charge on any atom is -0.493 e. The van der Waals surface area contributed by atoms with Gasteiger partial charge in [-0.1, -0.05) is 0 Å². The molecule has 0 amide bonds. The number of ether oxygens (including phenoxy) is 3. The molecule has 0 aliphatic heterocycles. The summed E-state index contributed by atoms with van der Waals surface area (Å²) in [5, 5.41) is 1.14. The van der Waals surface area contributed by atoms with E-state index in [4.69, 9.17) is 14.2 Å². The number of quaternary nitrogens is 1. The molecule has 0 fully saturated rings. The van der Waals surface area contributed by atoms with E-state index in [0.29, 0.717) is 21.0 Å². The molecule has 0 aliphatic rings. The summed E-state index contributed by atoms with van der Waals surface area (Å²) in [6.07, 6.45) is 1.59. The van der Waals surface area contributed by atoms with Crippen molar-refractivity contribution in [1.29, 1.82) is 0 Å². The second-order valence-electron chi connectivity index (χ2n) is 6.19. The number of carbonyl (C=O) groups excluding carboxylic acids is 2. The molecule has 2 rings (SSSR count). The van der Waals surface area contributed by atoms with Crippen molar-refractivity contribution < 1.29 is 23.8 Å². The van der Waals surface area contributed by atoms with Crippen molar-refractivity contribution in [3.63, 3.8) is 0 Å². The van der Waals surface area contributed by atoms with Crippen LogP contribution in [-0.4, -0.2) is 45.2 Å². The number of nitrogens with zero attached hydrogens (tertiary/aromatic N) is 2. The van der Waals surface area contributed by atoms with Crippen LogP contribution in [0.15, 0.2) is 18.3 Å².